The fourth-order valence-corrected chi connectivity index (χ4v) is 3.23. The van der Waals surface area contributed by atoms with Crippen LogP contribution in [0.1, 0.15) is 5.56 Å². The summed E-state index contributed by atoms with van der Waals surface area (Å²) >= 11 is 0. The van der Waals surface area contributed by atoms with Crippen LogP contribution in [0.15, 0.2) is 88.9 Å². The summed E-state index contributed by atoms with van der Waals surface area (Å²) in [4.78, 5) is 10.2. The third-order valence-corrected chi connectivity index (χ3v) is 4.87. The Morgan fingerprint density at radius 1 is 0.929 bits per heavy atom. The standard InChI is InChI=1S/C19H15N3O5S/c23-22(24)17-12-10-16(11-13-17)21-20-14-15-6-4-5-9-19(15)27-28(25,26)18-7-2-1-3-8-18/h1-14,21H/b20-14+. The molecule has 3 aromatic rings. The maximum absolute atomic E-state index is 12.4. The van der Waals surface area contributed by atoms with E-state index in [4.69, 9.17) is 4.18 Å². The van der Waals surface area contributed by atoms with E-state index in [9.17, 15) is 18.5 Å². The molecule has 1 N–H and O–H groups in total. The molecule has 9 heteroatoms. The van der Waals surface area contributed by atoms with E-state index in [-0.39, 0.29) is 16.3 Å². The number of benzene rings is 3. The first kappa shape index (κ1) is 19.1. The number of nitrogens with zero attached hydrogens (tertiary/aromatic N) is 2. The van der Waals surface area contributed by atoms with E-state index < -0.39 is 15.0 Å². The molecule has 0 aliphatic heterocycles. The van der Waals surface area contributed by atoms with Gasteiger partial charge >= 0.3 is 10.1 Å². The molecule has 0 heterocycles. The molecule has 0 radical (unpaired) electrons. The van der Waals surface area contributed by atoms with E-state index in [1.807, 2.05) is 0 Å². The highest BCUT2D eigenvalue weighted by atomic mass is 32.2. The van der Waals surface area contributed by atoms with Gasteiger partial charge in [0, 0.05) is 17.7 Å². The Kier molecular flexibility index (Phi) is 5.66. The van der Waals surface area contributed by atoms with Gasteiger partial charge in [-0.15, -0.1) is 0 Å². The zero-order valence-electron chi connectivity index (χ0n) is 14.4. The lowest BCUT2D eigenvalue weighted by Crippen LogP contribution is -2.10. The summed E-state index contributed by atoms with van der Waals surface area (Å²) in [6.45, 7) is 0. The molecule has 3 rings (SSSR count). The molecule has 0 aliphatic rings. The predicted molar refractivity (Wildman–Crippen MR) is 105 cm³/mol. The number of para-hydroxylation sites is 1. The van der Waals surface area contributed by atoms with Gasteiger partial charge < -0.3 is 4.18 Å². The zero-order chi connectivity index (χ0) is 20.0. The van der Waals surface area contributed by atoms with E-state index in [2.05, 4.69) is 10.5 Å². The molecule has 0 amide bonds. The highest BCUT2D eigenvalue weighted by Gasteiger charge is 2.17. The van der Waals surface area contributed by atoms with E-state index >= 15 is 0 Å². The Morgan fingerprint density at radius 3 is 2.25 bits per heavy atom. The first-order chi connectivity index (χ1) is 13.5. The minimum atomic E-state index is -3.97. The summed E-state index contributed by atoms with van der Waals surface area (Å²) in [7, 11) is -3.97. The molecule has 0 aliphatic carbocycles. The molecule has 28 heavy (non-hydrogen) atoms. The van der Waals surface area contributed by atoms with Crippen LogP contribution >= 0.6 is 0 Å². The molecular weight excluding hydrogens is 382 g/mol. The largest absolute Gasteiger partial charge is 0.378 e. The lowest BCUT2D eigenvalue weighted by atomic mass is 10.2. The second-order valence-electron chi connectivity index (χ2n) is 5.56. The number of nitro groups is 1. The smallest absolute Gasteiger partial charge is 0.339 e. The van der Waals surface area contributed by atoms with Gasteiger partial charge in [-0.2, -0.15) is 13.5 Å². The van der Waals surface area contributed by atoms with Crippen molar-refractivity contribution < 1.29 is 17.5 Å². The van der Waals surface area contributed by atoms with E-state index in [0.717, 1.165) is 0 Å². The number of anilines is 1. The lowest BCUT2D eigenvalue weighted by molar-refractivity contribution is -0.384. The Morgan fingerprint density at radius 2 is 1.57 bits per heavy atom. The monoisotopic (exact) mass is 397 g/mol. The van der Waals surface area contributed by atoms with E-state index in [1.54, 1.807) is 36.4 Å². The van der Waals surface area contributed by atoms with E-state index in [0.29, 0.717) is 11.3 Å². The van der Waals surface area contributed by atoms with Crippen molar-refractivity contribution in [1.29, 1.82) is 0 Å². The van der Waals surface area contributed by atoms with Crippen LogP contribution in [0.2, 0.25) is 0 Å². The van der Waals surface area contributed by atoms with Gasteiger partial charge in [-0.05, 0) is 36.4 Å². The number of hydrogen-bond donors (Lipinski definition) is 1. The van der Waals surface area contributed by atoms with Crippen molar-refractivity contribution in [3.05, 3.63) is 94.5 Å². The molecule has 0 unspecified atom stereocenters. The van der Waals surface area contributed by atoms with Crippen LogP contribution in [0.4, 0.5) is 11.4 Å². The summed E-state index contributed by atoms with van der Waals surface area (Å²) in [6.07, 6.45) is 1.40. The van der Waals surface area contributed by atoms with Crippen LogP contribution in [-0.4, -0.2) is 19.6 Å². The number of non-ortho nitro benzene ring substituents is 1. The molecule has 0 atom stereocenters. The topological polar surface area (TPSA) is 111 Å². The highest BCUT2D eigenvalue weighted by molar-refractivity contribution is 7.87. The van der Waals surface area contributed by atoms with Crippen molar-refractivity contribution in [2.45, 2.75) is 4.90 Å². The number of nitrogens with one attached hydrogen (secondary N) is 1. The van der Waals surface area contributed by atoms with Crippen LogP contribution in [0.5, 0.6) is 5.75 Å². The van der Waals surface area contributed by atoms with Gasteiger partial charge in [0.1, 0.15) is 4.90 Å². The Labute approximate surface area is 161 Å². The summed E-state index contributed by atoms with van der Waals surface area (Å²) in [5.74, 6) is 0.126. The van der Waals surface area contributed by atoms with Crippen molar-refractivity contribution in [3.8, 4) is 5.75 Å². The second kappa shape index (κ2) is 8.31. The first-order valence-electron chi connectivity index (χ1n) is 8.08. The average Bonchev–Trinajstić information content (AvgIpc) is 2.70. The molecule has 0 bridgehead atoms. The highest BCUT2D eigenvalue weighted by Crippen LogP contribution is 2.22. The number of rotatable bonds is 7. The second-order valence-corrected chi connectivity index (χ2v) is 7.11. The van der Waals surface area contributed by atoms with Gasteiger partial charge in [0.25, 0.3) is 5.69 Å². The third kappa shape index (κ3) is 4.71. The van der Waals surface area contributed by atoms with E-state index in [1.165, 1.54) is 48.7 Å². The summed E-state index contributed by atoms with van der Waals surface area (Å²) < 4.78 is 30.0. The first-order valence-corrected chi connectivity index (χ1v) is 9.49. The van der Waals surface area contributed by atoms with Crippen LogP contribution in [0.3, 0.4) is 0 Å². The van der Waals surface area contributed by atoms with Crippen molar-refractivity contribution in [2.75, 3.05) is 5.43 Å². The summed E-state index contributed by atoms with van der Waals surface area (Å²) in [5, 5.41) is 14.7. The molecular formula is C19H15N3O5S. The fraction of sp³-hybridized carbons (Fsp3) is 0. The van der Waals surface area contributed by atoms with Gasteiger partial charge in [0.15, 0.2) is 5.75 Å². The maximum atomic E-state index is 12.4. The number of hydrogen-bond acceptors (Lipinski definition) is 7. The molecule has 0 saturated carbocycles. The van der Waals surface area contributed by atoms with Crippen molar-refractivity contribution in [1.82, 2.24) is 0 Å². The SMILES string of the molecule is O=[N+]([O-])c1ccc(N/N=C/c2ccccc2OS(=O)(=O)c2ccccc2)cc1. The van der Waals surface area contributed by atoms with Crippen LogP contribution < -0.4 is 9.61 Å². The molecule has 8 nitrogen and oxygen atoms in total. The molecule has 0 fully saturated rings. The minimum Gasteiger partial charge on any atom is -0.378 e. The predicted octanol–water partition coefficient (Wildman–Crippen LogP) is 3.81. The van der Waals surface area contributed by atoms with Gasteiger partial charge in [-0.3, -0.25) is 15.5 Å². The van der Waals surface area contributed by atoms with Gasteiger partial charge in [0.05, 0.1) is 16.8 Å². The van der Waals surface area contributed by atoms with Gasteiger partial charge in [-0.25, -0.2) is 0 Å². The lowest BCUT2D eigenvalue weighted by Gasteiger charge is -2.09. The molecule has 0 spiro atoms. The Hall–Kier alpha value is -3.72. The van der Waals surface area contributed by atoms with Crippen molar-refractivity contribution in [2.24, 2.45) is 5.10 Å². The summed E-state index contributed by atoms with van der Waals surface area (Å²) in [5.41, 5.74) is 3.67. The molecule has 3 aromatic carbocycles. The van der Waals surface area contributed by atoms with Crippen LogP contribution in [0.25, 0.3) is 0 Å². The fourth-order valence-electron chi connectivity index (χ4n) is 2.25. The quantitative estimate of drug-likeness (QED) is 0.281. The Bertz CT molecular complexity index is 1100. The molecule has 142 valence electrons. The normalized spacial score (nSPS) is 11.3. The number of hydrazone groups is 1. The average molecular weight is 397 g/mol. The summed E-state index contributed by atoms with van der Waals surface area (Å²) in [6, 6.07) is 20.1. The third-order valence-electron chi connectivity index (χ3n) is 3.63. The maximum Gasteiger partial charge on any atom is 0.339 e. The van der Waals surface area contributed by atoms with Crippen LogP contribution in [-0.2, 0) is 10.1 Å². The van der Waals surface area contributed by atoms with Crippen molar-refractivity contribution >= 4 is 27.7 Å². The minimum absolute atomic E-state index is 0.0283. The molecule has 0 aromatic heterocycles. The van der Waals surface area contributed by atoms with Crippen LogP contribution in [0, 0.1) is 10.1 Å². The zero-order valence-corrected chi connectivity index (χ0v) is 15.2. The van der Waals surface area contributed by atoms with Crippen molar-refractivity contribution in [3.63, 3.8) is 0 Å². The Balaban J connectivity index is 1.75. The molecule has 0 saturated heterocycles. The van der Waals surface area contributed by atoms with Gasteiger partial charge in [-0.1, -0.05) is 30.3 Å². The van der Waals surface area contributed by atoms with Gasteiger partial charge in [0.2, 0.25) is 0 Å². The number of nitro benzene ring substituents is 1.